The average molecular weight is 433 g/mol. The van der Waals surface area contributed by atoms with Crippen LogP contribution in [-0.2, 0) is 16.6 Å². The summed E-state index contributed by atoms with van der Waals surface area (Å²) in [4.78, 5) is 3.81. The zero-order chi connectivity index (χ0) is 18.9. The molecule has 2 heterocycles. The third-order valence-electron chi connectivity index (χ3n) is 3.47. The quantitative estimate of drug-likeness (QED) is 0.545. The first kappa shape index (κ1) is 19.0. The molecule has 0 aliphatic rings. The third kappa shape index (κ3) is 3.96. The van der Waals surface area contributed by atoms with Crippen LogP contribution in [-0.4, -0.2) is 18.6 Å². The molecule has 0 amide bonds. The van der Waals surface area contributed by atoms with E-state index in [0.29, 0.717) is 21.4 Å². The van der Waals surface area contributed by atoms with Gasteiger partial charge in [-0.25, -0.2) is 17.7 Å². The first-order valence-electron chi connectivity index (χ1n) is 7.29. The Morgan fingerprint density at radius 3 is 2.42 bits per heavy atom. The molecular formula is C16H12Cl3N3O3S. The Kier molecular flexibility index (Phi) is 5.43. The molecule has 0 aliphatic carbocycles. The van der Waals surface area contributed by atoms with Gasteiger partial charge in [0.2, 0.25) is 0 Å². The van der Waals surface area contributed by atoms with Crippen molar-refractivity contribution < 1.29 is 12.9 Å². The molecule has 0 N–H and O–H groups in total. The monoisotopic (exact) mass is 431 g/mol. The minimum atomic E-state index is -3.97. The molecule has 0 atom stereocenters. The molecule has 0 saturated heterocycles. The van der Waals surface area contributed by atoms with Crippen LogP contribution in [0.4, 0.5) is 5.82 Å². The topological polar surface area (TPSA) is 76.3 Å². The number of benzene rings is 1. The van der Waals surface area contributed by atoms with E-state index >= 15 is 0 Å². The Labute approximate surface area is 165 Å². The SMILES string of the molecule is Cc1cc(N(Cc2ccc(Cl)c(Cl)c2)S(=O)(=O)c2ccc(Cl)nc2)no1. The summed E-state index contributed by atoms with van der Waals surface area (Å²) >= 11 is 17.7. The highest BCUT2D eigenvalue weighted by Gasteiger charge is 2.28. The minimum absolute atomic E-state index is 0.0200. The summed E-state index contributed by atoms with van der Waals surface area (Å²) in [6, 6.07) is 9.18. The molecule has 0 saturated carbocycles. The third-order valence-corrected chi connectivity index (χ3v) is 6.17. The lowest BCUT2D eigenvalue weighted by Gasteiger charge is -2.21. The van der Waals surface area contributed by atoms with Crippen molar-refractivity contribution in [2.24, 2.45) is 0 Å². The van der Waals surface area contributed by atoms with Crippen LogP contribution < -0.4 is 4.31 Å². The number of rotatable bonds is 5. The lowest BCUT2D eigenvalue weighted by atomic mass is 10.2. The van der Waals surface area contributed by atoms with E-state index in [0.717, 1.165) is 4.31 Å². The van der Waals surface area contributed by atoms with Crippen molar-refractivity contribution in [3.8, 4) is 0 Å². The maximum Gasteiger partial charge on any atom is 0.267 e. The van der Waals surface area contributed by atoms with Gasteiger partial charge >= 0.3 is 0 Å². The number of aromatic nitrogens is 2. The largest absolute Gasteiger partial charge is 0.360 e. The van der Waals surface area contributed by atoms with Gasteiger partial charge in [0.1, 0.15) is 15.8 Å². The molecule has 0 unspecified atom stereocenters. The van der Waals surface area contributed by atoms with Crippen molar-refractivity contribution in [3.05, 3.63) is 69.1 Å². The Morgan fingerprint density at radius 1 is 1.08 bits per heavy atom. The van der Waals surface area contributed by atoms with Gasteiger partial charge < -0.3 is 4.52 Å². The van der Waals surface area contributed by atoms with Crippen LogP contribution in [0.1, 0.15) is 11.3 Å². The zero-order valence-corrected chi connectivity index (χ0v) is 16.4. The molecule has 0 aliphatic heterocycles. The van der Waals surface area contributed by atoms with Crippen LogP contribution in [0.3, 0.4) is 0 Å². The Hall–Kier alpha value is -1.80. The van der Waals surface area contributed by atoms with E-state index in [9.17, 15) is 8.42 Å². The number of anilines is 1. The molecule has 26 heavy (non-hydrogen) atoms. The van der Waals surface area contributed by atoms with Crippen molar-refractivity contribution >= 4 is 50.6 Å². The van der Waals surface area contributed by atoms with E-state index in [1.807, 2.05) is 0 Å². The molecule has 0 bridgehead atoms. The van der Waals surface area contributed by atoms with E-state index in [1.54, 1.807) is 25.1 Å². The highest BCUT2D eigenvalue weighted by atomic mass is 35.5. The van der Waals surface area contributed by atoms with Crippen LogP contribution in [0.15, 0.2) is 52.0 Å². The van der Waals surface area contributed by atoms with Gasteiger partial charge in [0.05, 0.1) is 16.6 Å². The second-order valence-electron chi connectivity index (χ2n) is 5.37. The summed E-state index contributed by atoms with van der Waals surface area (Å²) in [5, 5.41) is 4.72. The molecule has 6 nitrogen and oxygen atoms in total. The van der Waals surface area contributed by atoms with Crippen LogP contribution in [0.5, 0.6) is 0 Å². The summed E-state index contributed by atoms with van der Waals surface area (Å²) in [5.74, 6) is 0.618. The van der Waals surface area contributed by atoms with E-state index in [-0.39, 0.29) is 22.4 Å². The van der Waals surface area contributed by atoms with Crippen molar-refractivity contribution in [2.75, 3.05) is 4.31 Å². The summed E-state index contributed by atoms with van der Waals surface area (Å²) in [7, 11) is -3.97. The fourth-order valence-corrected chi connectivity index (χ4v) is 3.97. The highest BCUT2D eigenvalue weighted by molar-refractivity contribution is 7.92. The van der Waals surface area contributed by atoms with E-state index in [4.69, 9.17) is 39.3 Å². The number of hydrogen-bond acceptors (Lipinski definition) is 5. The van der Waals surface area contributed by atoms with Crippen LogP contribution >= 0.6 is 34.8 Å². The maximum atomic E-state index is 13.1. The van der Waals surface area contributed by atoms with Crippen molar-refractivity contribution in [2.45, 2.75) is 18.4 Å². The van der Waals surface area contributed by atoms with Gasteiger partial charge in [0.15, 0.2) is 5.82 Å². The van der Waals surface area contributed by atoms with Crippen LogP contribution in [0.25, 0.3) is 0 Å². The summed E-state index contributed by atoms with van der Waals surface area (Å²) in [5.41, 5.74) is 0.630. The van der Waals surface area contributed by atoms with Crippen molar-refractivity contribution in [1.29, 1.82) is 0 Å². The second-order valence-corrected chi connectivity index (χ2v) is 8.44. The van der Waals surface area contributed by atoms with Gasteiger partial charge in [-0.2, -0.15) is 0 Å². The molecule has 2 aromatic heterocycles. The number of sulfonamides is 1. The minimum Gasteiger partial charge on any atom is -0.360 e. The molecule has 0 spiro atoms. The normalized spacial score (nSPS) is 11.5. The molecule has 1 aromatic carbocycles. The summed E-state index contributed by atoms with van der Waals surface area (Å²) < 4.78 is 32.4. The first-order chi connectivity index (χ1) is 12.3. The lowest BCUT2D eigenvalue weighted by molar-refractivity contribution is 0.398. The molecular weight excluding hydrogens is 421 g/mol. The van der Waals surface area contributed by atoms with Gasteiger partial charge in [-0.1, -0.05) is 46.0 Å². The molecule has 0 fully saturated rings. The van der Waals surface area contributed by atoms with Crippen molar-refractivity contribution in [1.82, 2.24) is 10.1 Å². The Bertz CT molecular complexity index is 1040. The molecule has 3 aromatic rings. The Balaban J connectivity index is 2.05. The highest BCUT2D eigenvalue weighted by Crippen LogP contribution is 2.28. The van der Waals surface area contributed by atoms with Gasteiger partial charge in [-0.3, -0.25) is 0 Å². The van der Waals surface area contributed by atoms with Crippen molar-refractivity contribution in [3.63, 3.8) is 0 Å². The van der Waals surface area contributed by atoms with Gasteiger partial charge in [-0.15, -0.1) is 0 Å². The number of nitrogens with zero attached hydrogens (tertiary/aromatic N) is 3. The zero-order valence-electron chi connectivity index (χ0n) is 13.4. The van der Waals surface area contributed by atoms with Gasteiger partial charge in [0, 0.05) is 12.3 Å². The predicted octanol–water partition coefficient (Wildman–Crippen LogP) is 4.73. The van der Waals surface area contributed by atoms with E-state index in [1.165, 1.54) is 24.4 Å². The Morgan fingerprint density at radius 2 is 1.85 bits per heavy atom. The fourth-order valence-electron chi connectivity index (χ4n) is 2.21. The van der Waals surface area contributed by atoms with Crippen LogP contribution in [0, 0.1) is 6.92 Å². The number of pyridine rings is 1. The predicted molar refractivity (Wildman–Crippen MR) is 100 cm³/mol. The van der Waals surface area contributed by atoms with E-state index < -0.39 is 10.0 Å². The van der Waals surface area contributed by atoms with E-state index in [2.05, 4.69) is 10.1 Å². The first-order valence-corrected chi connectivity index (χ1v) is 9.86. The lowest BCUT2D eigenvalue weighted by Crippen LogP contribution is -2.31. The van der Waals surface area contributed by atoms with Gasteiger partial charge in [-0.05, 0) is 36.8 Å². The van der Waals surface area contributed by atoms with Crippen LogP contribution in [0.2, 0.25) is 15.2 Å². The number of aryl methyl sites for hydroxylation is 1. The summed E-state index contributed by atoms with van der Waals surface area (Å²) in [6.45, 7) is 1.65. The van der Waals surface area contributed by atoms with Gasteiger partial charge in [0.25, 0.3) is 10.0 Å². The molecule has 0 radical (unpaired) electrons. The number of hydrogen-bond donors (Lipinski definition) is 0. The standard InChI is InChI=1S/C16H12Cl3N3O3S/c1-10-6-16(21-25-10)22(9-11-2-4-13(17)14(18)7-11)26(23,24)12-3-5-15(19)20-8-12/h2-8H,9H2,1H3. The average Bonchev–Trinajstić information content (AvgIpc) is 3.02. The molecule has 136 valence electrons. The fraction of sp³-hybridized carbons (Fsp3) is 0.125. The maximum absolute atomic E-state index is 13.1. The smallest absolute Gasteiger partial charge is 0.267 e. The number of halogens is 3. The molecule has 3 rings (SSSR count). The second kappa shape index (κ2) is 7.44. The summed E-state index contributed by atoms with van der Waals surface area (Å²) in [6.07, 6.45) is 1.19. The molecule has 10 heteroatoms.